The van der Waals surface area contributed by atoms with Gasteiger partial charge in [-0.2, -0.15) is 0 Å². The lowest BCUT2D eigenvalue weighted by atomic mass is 9.84. The number of ether oxygens (including phenoxy) is 1. The minimum absolute atomic E-state index is 0.0235. The lowest BCUT2D eigenvalue weighted by Gasteiger charge is -2.40. The molecule has 0 N–H and O–H groups in total. The van der Waals surface area contributed by atoms with Gasteiger partial charge in [0.05, 0.1) is 24.8 Å². The number of hydrogen-bond donors (Lipinski definition) is 0. The number of methoxy groups -OCH3 is 1. The second-order valence-corrected chi connectivity index (χ2v) is 9.48. The summed E-state index contributed by atoms with van der Waals surface area (Å²) >= 11 is 0. The van der Waals surface area contributed by atoms with Gasteiger partial charge in [-0.15, -0.1) is 0 Å². The third-order valence-electron chi connectivity index (χ3n) is 7.25. The maximum atomic E-state index is 13.3. The number of rotatable bonds is 8. The van der Waals surface area contributed by atoms with Gasteiger partial charge in [0.15, 0.2) is 0 Å². The fourth-order valence-corrected chi connectivity index (χ4v) is 5.06. The number of carbonyl (C=O) groups is 2. The molecule has 0 saturated carbocycles. The van der Waals surface area contributed by atoms with Crippen LogP contribution in [0.5, 0.6) is 5.75 Å². The summed E-state index contributed by atoms with van der Waals surface area (Å²) in [5, 5.41) is 3.97. The predicted octanol–water partition coefficient (Wildman–Crippen LogP) is 3.86. The van der Waals surface area contributed by atoms with Crippen LogP contribution in [0.15, 0.2) is 53.3 Å². The van der Waals surface area contributed by atoms with E-state index < -0.39 is 0 Å². The van der Waals surface area contributed by atoms with E-state index in [9.17, 15) is 9.59 Å². The van der Waals surface area contributed by atoms with Crippen molar-refractivity contribution in [3.8, 4) is 5.75 Å². The number of hydrogen-bond acceptors (Lipinski definition) is 6. The van der Waals surface area contributed by atoms with Crippen LogP contribution in [-0.4, -0.2) is 65.0 Å². The quantitative estimate of drug-likeness (QED) is 0.476. The van der Waals surface area contributed by atoms with Gasteiger partial charge in [0.25, 0.3) is 5.91 Å². The Labute approximate surface area is 212 Å². The Morgan fingerprint density at radius 2 is 1.97 bits per heavy atom. The Morgan fingerprint density at radius 3 is 2.61 bits per heavy atom. The van der Waals surface area contributed by atoms with Crippen molar-refractivity contribution in [2.24, 2.45) is 5.92 Å². The highest BCUT2D eigenvalue weighted by Crippen LogP contribution is 2.29. The molecular weight excluding hydrogens is 456 g/mol. The van der Waals surface area contributed by atoms with E-state index >= 15 is 0 Å². The molecule has 3 aromatic rings. The van der Waals surface area contributed by atoms with E-state index in [-0.39, 0.29) is 23.8 Å². The summed E-state index contributed by atoms with van der Waals surface area (Å²) < 4.78 is 10.6. The van der Waals surface area contributed by atoms with Crippen molar-refractivity contribution < 1.29 is 18.8 Å². The van der Waals surface area contributed by atoms with Crippen LogP contribution in [0.2, 0.25) is 0 Å². The Kier molecular flexibility index (Phi) is 8.03. The molecule has 0 aliphatic carbocycles. The number of benzene rings is 1. The van der Waals surface area contributed by atoms with Crippen LogP contribution >= 0.6 is 0 Å². The normalized spacial score (nSPS) is 14.9. The second-order valence-electron chi connectivity index (χ2n) is 9.48. The lowest BCUT2D eigenvalue weighted by Crippen LogP contribution is -2.48. The zero-order chi connectivity index (χ0) is 25.7. The number of amides is 2. The molecule has 0 spiro atoms. The summed E-state index contributed by atoms with van der Waals surface area (Å²) in [7, 11) is 3.53. The largest absolute Gasteiger partial charge is 0.497 e. The number of aromatic nitrogens is 2. The number of likely N-dealkylation sites (N-methyl/N-ethyl adjacent to an activating group) is 1. The van der Waals surface area contributed by atoms with Gasteiger partial charge in [0, 0.05) is 44.1 Å². The standard InChI is InChI=1S/C28H34N4O4/c1-19-25(20(2)36-30-19)17-27(33)32-13-10-22(11-14-32)26(16-21-7-5-9-24(15-21)35-4)31(3)28(34)23-8-6-12-29-18-23/h5-9,12,15,18,22,26H,10-11,13-14,16-17H2,1-4H3/t26-/m0/s1. The minimum Gasteiger partial charge on any atom is -0.497 e. The maximum absolute atomic E-state index is 13.3. The van der Waals surface area contributed by atoms with Crippen LogP contribution in [0, 0.1) is 19.8 Å². The first kappa shape index (κ1) is 25.4. The molecule has 1 aliphatic rings. The topological polar surface area (TPSA) is 88.8 Å². The van der Waals surface area contributed by atoms with Crippen LogP contribution in [-0.2, 0) is 17.6 Å². The Balaban J connectivity index is 1.48. The van der Waals surface area contributed by atoms with Crippen molar-refractivity contribution in [2.45, 2.75) is 45.6 Å². The summed E-state index contributed by atoms with van der Waals surface area (Å²) in [6.45, 7) is 5.03. The molecule has 2 aromatic heterocycles. The summed E-state index contributed by atoms with van der Waals surface area (Å²) in [6.07, 6.45) is 5.94. The molecule has 3 heterocycles. The van der Waals surface area contributed by atoms with E-state index in [2.05, 4.69) is 16.2 Å². The number of likely N-dealkylation sites (tertiary alicyclic amines) is 1. The monoisotopic (exact) mass is 490 g/mol. The maximum Gasteiger partial charge on any atom is 0.255 e. The third-order valence-corrected chi connectivity index (χ3v) is 7.25. The van der Waals surface area contributed by atoms with Crippen molar-refractivity contribution >= 4 is 11.8 Å². The molecule has 0 radical (unpaired) electrons. The van der Waals surface area contributed by atoms with Gasteiger partial charge >= 0.3 is 0 Å². The van der Waals surface area contributed by atoms with E-state index in [0.29, 0.717) is 37.3 Å². The Bertz CT molecular complexity index is 1170. The number of carbonyl (C=O) groups excluding carboxylic acids is 2. The molecule has 0 bridgehead atoms. The fraction of sp³-hybridized carbons (Fsp3) is 0.429. The highest BCUT2D eigenvalue weighted by atomic mass is 16.5. The van der Waals surface area contributed by atoms with Gasteiger partial charge in [-0.1, -0.05) is 17.3 Å². The van der Waals surface area contributed by atoms with Crippen molar-refractivity contribution in [3.05, 3.63) is 76.9 Å². The summed E-state index contributed by atoms with van der Waals surface area (Å²) in [5.41, 5.74) is 3.33. The molecule has 8 heteroatoms. The first-order valence-electron chi connectivity index (χ1n) is 12.4. The summed E-state index contributed by atoms with van der Waals surface area (Å²) in [6, 6.07) is 11.5. The first-order valence-corrected chi connectivity index (χ1v) is 12.4. The molecule has 1 saturated heterocycles. The molecule has 1 atom stereocenters. The van der Waals surface area contributed by atoms with Crippen LogP contribution in [0.4, 0.5) is 0 Å². The van der Waals surface area contributed by atoms with Crippen LogP contribution < -0.4 is 4.74 Å². The van der Waals surface area contributed by atoms with Gasteiger partial charge in [0.2, 0.25) is 5.91 Å². The zero-order valence-electron chi connectivity index (χ0n) is 21.4. The number of pyridine rings is 1. The highest BCUT2D eigenvalue weighted by Gasteiger charge is 2.33. The van der Waals surface area contributed by atoms with Crippen LogP contribution in [0.3, 0.4) is 0 Å². The van der Waals surface area contributed by atoms with Crippen molar-refractivity contribution in [1.82, 2.24) is 19.9 Å². The van der Waals surface area contributed by atoms with Crippen molar-refractivity contribution in [3.63, 3.8) is 0 Å². The zero-order valence-corrected chi connectivity index (χ0v) is 21.4. The molecule has 0 unspecified atom stereocenters. The van der Waals surface area contributed by atoms with Crippen molar-refractivity contribution in [2.75, 3.05) is 27.2 Å². The summed E-state index contributed by atoms with van der Waals surface area (Å²) in [4.78, 5) is 34.2. The third kappa shape index (κ3) is 5.75. The molecular formula is C28H34N4O4. The van der Waals surface area contributed by atoms with Gasteiger partial charge in [-0.25, -0.2) is 0 Å². The number of aryl methyl sites for hydroxylation is 2. The van der Waals surface area contributed by atoms with E-state index in [1.54, 1.807) is 31.6 Å². The summed E-state index contributed by atoms with van der Waals surface area (Å²) in [5.74, 6) is 1.79. The first-order chi connectivity index (χ1) is 17.4. The number of piperidine rings is 1. The van der Waals surface area contributed by atoms with Crippen LogP contribution in [0.25, 0.3) is 0 Å². The molecule has 190 valence electrons. The predicted molar refractivity (Wildman–Crippen MR) is 136 cm³/mol. The molecule has 8 nitrogen and oxygen atoms in total. The molecule has 1 aliphatic heterocycles. The average Bonchev–Trinajstić information content (AvgIpc) is 3.23. The molecule has 36 heavy (non-hydrogen) atoms. The Morgan fingerprint density at radius 1 is 1.19 bits per heavy atom. The van der Waals surface area contributed by atoms with E-state index in [0.717, 1.165) is 35.4 Å². The number of nitrogens with zero attached hydrogens (tertiary/aromatic N) is 4. The SMILES string of the molecule is COc1cccc(C[C@@H](C2CCN(C(=O)Cc3c(C)noc3C)CC2)N(C)C(=O)c2cccnc2)c1. The fourth-order valence-electron chi connectivity index (χ4n) is 5.06. The molecule has 4 rings (SSSR count). The van der Waals surface area contributed by atoms with Gasteiger partial charge in [-0.05, 0) is 68.9 Å². The van der Waals surface area contributed by atoms with Gasteiger partial charge < -0.3 is 19.1 Å². The van der Waals surface area contributed by atoms with Gasteiger partial charge in [0.1, 0.15) is 11.5 Å². The van der Waals surface area contributed by atoms with E-state index in [1.165, 1.54) is 0 Å². The van der Waals surface area contributed by atoms with Crippen LogP contribution in [0.1, 0.15) is 45.8 Å². The molecule has 1 aromatic carbocycles. The van der Waals surface area contributed by atoms with Gasteiger partial charge in [-0.3, -0.25) is 14.6 Å². The smallest absolute Gasteiger partial charge is 0.255 e. The molecule has 2 amide bonds. The lowest BCUT2D eigenvalue weighted by molar-refractivity contribution is -0.132. The minimum atomic E-state index is -0.0482. The van der Waals surface area contributed by atoms with E-state index in [1.807, 2.05) is 48.9 Å². The van der Waals surface area contributed by atoms with E-state index in [4.69, 9.17) is 9.26 Å². The second kappa shape index (κ2) is 11.4. The average molecular weight is 491 g/mol. The molecule has 1 fully saturated rings. The highest BCUT2D eigenvalue weighted by molar-refractivity contribution is 5.94. The van der Waals surface area contributed by atoms with Crippen molar-refractivity contribution in [1.29, 1.82) is 0 Å². The Hall–Kier alpha value is -3.68.